The van der Waals surface area contributed by atoms with Gasteiger partial charge in [-0.3, -0.25) is 10.1 Å². The highest BCUT2D eigenvalue weighted by molar-refractivity contribution is 5.79. The van der Waals surface area contributed by atoms with E-state index in [0.29, 0.717) is 12.5 Å². The number of nitro benzene ring substituents is 1. The summed E-state index contributed by atoms with van der Waals surface area (Å²) < 4.78 is 0. The zero-order chi connectivity index (χ0) is 16.4. The van der Waals surface area contributed by atoms with Gasteiger partial charge < -0.3 is 10.6 Å². The SMILES string of the molecule is CCNC(=NCc1ccc([N+](=O)[O-])cc1)NCC(CC)CC. The molecule has 0 spiro atoms. The van der Waals surface area contributed by atoms with E-state index >= 15 is 0 Å². The minimum absolute atomic E-state index is 0.103. The van der Waals surface area contributed by atoms with Crippen LogP contribution in [0.25, 0.3) is 0 Å². The van der Waals surface area contributed by atoms with Gasteiger partial charge in [-0.1, -0.05) is 38.8 Å². The van der Waals surface area contributed by atoms with Gasteiger partial charge >= 0.3 is 0 Å². The summed E-state index contributed by atoms with van der Waals surface area (Å²) in [5.41, 5.74) is 1.05. The van der Waals surface area contributed by atoms with Gasteiger partial charge in [0, 0.05) is 25.2 Å². The number of hydrogen-bond acceptors (Lipinski definition) is 3. The molecule has 1 aromatic rings. The molecule has 0 saturated heterocycles. The summed E-state index contributed by atoms with van der Waals surface area (Å²) in [7, 11) is 0. The van der Waals surface area contributed by atoms with Gasteiger partial charge in [0.2, 0.25) is 0 Å². The van der Waals surface area contributed by atoms with Crippen molar-refractivity contribution in [2.24, 2.45) is 10.9 Å². The van der Waals surface area contributed by atoms with E-state index in [4.69, 9.17) is 0 Å². The third kappa shape index (κ3) is 6.11. The Morgan fingerprint density at radius 1 is 1.18 bits per heavy atom. The quantitative estimate of drug-likeness (QED) is 0.335. The zero-order valence-electron chi connectivity index (χ0n) is 13.6. The fourth-order valence-corrected chi connectivity index (χ4v) is 2.05. The molecule has 6 nitrogen and oxygen atoms in total. The molecular formula is C16H26N4O2. The van der Waals surface area contributed by atoms with Crippen LogP contribution in [0.4, 0.5) is 5.69 Å². The highest BCUT2D eigenvalue weighted by Crippen LogP contribution is 2.12. The molecule has 0 atom stereocenters. The first kappa shape index (κ1) is 17.9. The fourth-order valence-electron chi connectivity index (χ4n) is 2.05. The Morgan fingerprint density at radius 3 is 2.32 bits per heavy atom. The van der Waals surface area contributed by atoms with E-state index in [1.807, 2.05) is 6.92 Å². The van der Waals surface area contributed by atoms with Crippen molar-refractivity contribution in [3.05, 3.63) is 39.9 Å². The zero-order valence-corrected chi connectivity index (χ0v) is 13.6. The van der Waals surface area contributed by atoms with Crippen LogP contribution >= 0.6 is 0 Å². The summed E-state index contributed by atoms with van der Waals surface area (Å²) in [5, 5.41) is 17.2. The minimum Gasteiger partial charge on any atom is -0.357 e. The van der Waals surface area contributed by atoms with Gasteiger partial charge in [-0.2, -0.15) is 0 Å². The van der Waals surface area contributed by atoms with E-state index in [2.05, 4.69) is 29.5 Å². The van der Waals surface area contributed by atoms with Gasteiger partial charge in [-0.15, -0.1) is 0 Å². The Labute approximate surface area is 132 Å². The number of nitrogens with zero attached hydrogens (tertiary/aromatic N) is 2. The molecule has 0 heterocycles. The van der Waals surface area contributed by atoms with E-state index < -0.39 is 4.92 Å². The van der Waals surface area contributed by atoms with Crippen molar-refractivity contribution < 1.29 is 4.92 Å². The van der Waals surface area contributed by atoms with Crippen LogP contribution in [0.15, 0.2) is 29.3 Å². The van der Waals surface area contributed by atoms with Gasteiger partial charge in [0.05, 0.1) is 11.5 Å². The maximum atomic E-state index is 10.6. The molecule has 6 heteroatoms. The van der Waals surface area contributed by atoms with Crippen LogP contribution in [0.5, 0.6) is 0 Å². The molecule has 2 N–H and O–H groups in total. The van der Waals surface area contributed by atoms with Gasteiger partial charge in [0.15, 0.2) is 5.96 Å². The maximum Gasteiger partial charge on any atom is 0.269 e. The molecule has 0 aliphatic rings. The monoisotopic (exact) mass is 306 g/mol. The molecule has 0 radical (unpaired) electrons. The summed E-state index contributed by atoms with van der Waals surface area (Å²) in [6, 6.07) is 6.50. The van der Waals surface area contributed by atoms with E-state index in [1.165, 1.54) is 12.1 Å². The predicted molar refractivity (Wildman–Crippen MR) is 90.0 cm³/mol. The van der Waals surface area contributed by atoms with Gasteiger partial charge in [-0.05, 0) is 18.4 Å². The van der Waals surface area contributed by atoms with Crippen LogP contribution in [0.2, 0.25) is 0 Å². The molecule has 0 bridgehead atoms. The second-order valence-corrected chi connectivity index (χ2v) is 5.18. The molecule has 0 aliphatic heterocycles. The number of guanidine groups is 1. The molecule has 0 amide bonds. The number of nitro groups is 1. The molecule has 0 aliphatic carbocycles. The lowest BCUT2D eigenvalue weighted by Gasteiger charge is -2.16. The van der Waals surface area contributed by atoms with Crippen LogP contribution in [0.3, 0.4) is 0 Å². The smallest absolute Gasteiger partial charge is 0.269 e. The summed E-state index contributed by atoms with van der Waals surface area (Å²) in [6.45, 7) is 8.61. The third-order valence-corrected chi connectivity index (χ3v) is 3.62. The van der Waals surface area contributed by atoms with E-state index in [0.717, 1.165) is 37.5 Å². The fraction of sp³-hybridized carbons (Fsp3) is 0.562. The van der Waals surface area contributed by atoms with Gasteiger partial charge in [0.1, 0.15) is 0 Å². The Hall–Kier alpha value is -2.11. The lowest BCUT2D eigenvalue weighted by Crippen LogP contribution is -2.39. The third-order valence-electron chi connectivity index (χ3n) is 3.62. The van der Waals surface area contributed by atoms with Gasteiger partial charge in [-0.25, -0.2) is 4.99 Å². The second kappa shape index (κ2) is 9.76. The van der Waals surface area contributed by atoms with Crippen molar-refractivity contribution in [1.82, 2.24) is 10.6 Å². The average Bonchev–Trinajstić information content (AvgIpc) is 2.53. The average molecular weight is 306 g/mol. The standard InChI is InChI=1S/C16H26N4O2/c1-4-13(5-2)11-18-16(17-6-3)19-12-14-7-9-15(10-8-14)20(21)22/h7-10,13H,4-6,11-12H2,1-3H3,(H2,17,18,19). The van der Waals surface area contributed by atoms with Crippen molar-refractivity contribution in [2.75, 3.05) is 13.1 Å². The van der Waals surface area contributed by atoms with Crippen LogP contribution < -0.4 is 10.6 Å². The molecule has 0 saturated carbocycles. The van der Waals surface area contributed by atoms with Crippen molar-refractivity contribution in [1.29, 1.82) is 0 Å². The molecule has 0 fully saturated rings. The summed E-state index contributed by atoms with van der Waals surface area (Å²) in [4.78, 5) is 14.8. The van der Waals surface area contributed by atoms with E-state index in [1.54, 1.807) is 12.1 Å². The number of nitrogens with one attached hydrogen (secondary N) is 2. The predicted octanol–water partition coefficient (Wildman–Crippen LogP) is 3.09. The topological polar surface area (TPSA) is 79.6 Å². The van der Waals surface area contributed by atoms with Crippen molar-refractivity contribution >= 4 is 11.6 Å². The largest absolute Gasteiger partial charge is 0.357 e. The number of non-ortho nitro benzene ring substituents is 1. The van der Waals surface area contributed by atoms with Crippen molar-refractivity contribution in [3.63, 3.8) is 0 Å². The Balaban J connectivity index is 2.62. The van der Waals surface area contributed by atoms with Crippen LogP contribution in [-0.4, -0.2) is 24.0 Å². The molecule has 0 aromatic heterocycles. The maximum absolute atomic E-state index is 10.6. The normalized spacial score (nSPS) is 11.5. The number of benzene rings is 1. The molecule has 1 rings (SSSR count). The Morgan fingerprint density at radius 2 is 1.82 bits per heavy atom. The lowest BCUT2D eigenvalue weighted by molar-refractivity contribution is -0.384. The molecular weight excluding hydrogens is 280 g/mol. The first-order chi connectivity index (χ1) is 10.6. The number of rotatable bonds is 8. The lowest BCUT2D eigenvalue weighted by atomic mass is 10.0. The first-order valence-electron chi connectivity index (χ1n) is 7.86. The van der Waals surface area contributed by atoms with E-state index in [-0.39, 0.29) is 5.69 Å². The minimum atomic E-state index is -0.395. The first-order valence-corrected chi connectivity index (χ1v) is 7.86. The Bertz CT molecular complexity index is 481. The Kier molecular flexibility index (Phi) is 7.96. The highest BCUT2D eigenvalue weighted by Gasteiger charge is 2.06. The van der Waals surface area contributed by atoms with Crippen molar-refractivity contribution in [2.45, 2.75) is 40.2 Å². The molecule has 0 unspecified atom stereocenters. The van der Waals surface area contributed by atoms with Gasteiger partial charge in [0.25, 0.3) is 5.69 Å². The summed E-state index contributed by atoms with van der Waals surface area (Å²) in [5.74, 6) is 1.43. The van der Waals surface area contributed by atoms with Crippen LogP contribution in [0.1, 0.15) is 39.2 Å². The molecule has 1 aromatic carbocycles. The summed E-state index contributed by atoms with van der Waals surface area (Å²) in [6.07, 6.45) is 2.29. The van der Waals surface area contributed by atoms with Crippen LogP contribution in [0, 0.1) is 16.0 Å². The second-order valence-electron chi connectivity index (χ2n) is 5.18. The molecule has 122 valence electrons. The van der Waals surface area contributed by atoms with Crippen LogP contribution in [-0.2, 0) is 6.54 Å². The van der Waals surface area contributed by atoms with E-state index in [9.17, 15) is 10.1 Å². The number of aliphatic imine (C=N–C) groups is 1. The van der Waals surface area contributed by atoms with Crippen molar-refractivity contribution in [3.8, 4) is 0 Å². The molecule has 22 heavy (non-hydrogen) atoms. The summed E-state index contributed by atoms with van der Waals surface area (Å²) >= 11 is 0. The highest BCUT2D eigenvalue weighted by atomic mass is 16.6. The number of hydrogen-bond donors (Lipinski definition) is 2.